The van der Waals surface area contributed by atoms with Crippen molar-refractivity contribution in [2.45, 2.75) is 57.3 Å². The van der Waals surface area contributed by atoms with Gasteiger partial charge in [0, 0.05) is 38.4 Å². The standard InChI is InChI=1S/C30H36F3N3O3/c1-6-39-28(38)23(16-35(4)5)27(37)22-15-24(31)26(19(2)25(22)32)36-17-29(33)13-10-14-30(29,18-36)34-20(3)21-11-8-7-9-12-21/h7-9,11-12,15-16,20,34H,6,10,13-14,17-18H2,1-5H3/t20-,29+,30-/m0/s1. The molecule has 1 N–H and O–H groups in total. The molecule has 4 rings (SSSR count). The number of ketones is 1. The van der Waals surface area contributed by atoms with Crippen LogP contribution in [0.1, 0.15) is 60.6 Å². The third kappa shape index (κ3) is 5.29. The van der Waals surface area contributed by atoms with Gasteiger partial charge in [-0.3, -0.25) is 4.79 Å². The summed E-state index contributed by atoms with van der Waals surface area (Å²) in [6.07, 6.45) is 2.79. The van der Waals surface area contributed by atoms with E-state index in [0.29, 0.717) is 19.3 Å². The fourth-order valence-electron chi connectivity index (χ4n) is 6.03. The van der Waals surface area contributed by atoms with Crippen LogP contribution in [0.3, 0.4) is 0 Å². The monoisotopic (exact) mass is 543 g/mol. The molecule has 39 heavy (non-hydrogen) atoms. The van der Waals surface area contributed by atoms with Gasteiger partial charge in [0.2, 0.25) is 5.78 Å². The number of nitrogens with one attached hydrogen (secondary N) is 1. The molecule has 2 aromatic carbocycles. The van der Waals surface area contributed by atoms with Gasteiger partial charge in [0.25, 0.3) is 0 Å². The lowest BCUT2D eigenvalue weighted by Gasteiger charge is -2.37. The average molecular weight is 544 g/mol. The van der Waals surface area contributed by atoms with Crippen molar-refractivity contribution < 1.29 is 27.5 Å². The predicted molar refractivity (Wildman–Crippen MR) is 144 cm³/mol. The summed E-state index contributed by atoms with van der Waals surface area (Å²) in [4.78, 5) is 28.6. The second kappa shape index (κ2) is 11.0. The van der Waals surface area contributed by atoms with Crippen LogP contribution < -0.4 is 10.2 Å². The lowest BCUT2D eigenvalue weighted by molar-refractivity contribution is -0.138. The SMILES string of the molecule is CCOC(=O)C(=CN(C)C)C(=O)c1cc(F)c(N2C[C@]3(F)CCC[C@]3(N[C@@H](C)c3ccccc3)C2)c(C)c1F. The van der Waals surface area contributed by atoms with Crippen LogP contribution in [-0.2, 0) is 9.53 Å². The number of hydrogen-bond acceptors (Lipinski definition) is 6. The maximum Gasteiger partial charge on any atom is 0.343 e. The van der Waals surface area contributed by atoms with E-state index in [-0.39, 0.29) is 37.0 Å². The number of carbonyl (C=O) groups excluding carboxylic acids is 2. The van der Waals surface area contributed by atoms with Crippen LogP contribution in [0.25, 0.3) is 0 Å². The Kier molecular flexibility index (Phi) is 8.12. The molecule has 6 nitrogen and oxygen atoms in total. The van der Waals surface area contributed by atoms with Crippen molar-refractivity contribution in [3.63, 3.8) is 0 Å². The maximum atomic E-state index is 16.5. The van der Waals surface area contributed by atoms with Crippen molar-refractivity contribution in [1.82, 2.24) is 10.2 Å². The molecule has 1 saturated heterocycles. The van der Waals surface area contributed by atoms with E-state index in [9.17, 15) is 9.59 Å². The van der Waals surface area contributed by atoms with Crippen LogP contribution in [0.15, 0.2) is 48.2 Å². The number of hydrogen-bond donors (Lipinski definition) is 1. The highest BCUT2D eigenvalue weighted by atomic mass is 19.1. The number of carbonyl (C=O) groups is 2. The lowest BCUT2D eigenvalue weighted by Crippen LogP contribution is -2.57. The van der Waals surface area contributed by atoms with Gasteiger partial charge < -0.3 is 19.9 Å². The fourth-order valence-corrected chi connectivity index (χ4v) is 6.03. The molecule has 0 aromatic heterocycles. The molecule has 1 saturated carbocycles. The molecule has 1 aliphatic heterocycles. The first-order valence-electron chi connectivity index (χ1n) is 13.3. The highest BCUT2D eigenvalue weighted by Crippen LogP contribution is 2.50. The highest BCUT2D eigenvalue weighted by molar-refractivity contribution is 6.24. The van der Waals surface area contributed by atoms with E-state index in [1.54, 1.807) is 25.9 Å². The smallest absolute Gasteiger partial charge is 0.343 e. The number of anilines is 1. The normalized spacial score (nSPS) is 23.5. The predicted octanol–water partition coefficient (Wildman–Crippen LogP) is 5.27. The first-order valence-corrected chi connectivity index (χ1v) is 13.3. The van der Waals surface area contributed by atoms with Crippen LogP contribution >= 0.6 is 0 Å². The number of benzene rings is 2. The van der Waals surface area contributed by atoms with E-state index >= 15 is 13.2 Å². The molecule has 0 amide bonds. The molecule has 2 aromatic rings. The molecule has 2 fully saturated rings. The first-order chi connectivity index (χ1) is 18.4. The Morgan fingerprint density at radius 2 is 1.87 bits per heavy atom. The molecule has 0 bridgehead atoms. The molecule has 2 aliphatic rings. The van der Waals surface area contributed by atoms with Crippen molar-refractivity contribution in [3.05, 3.63) is 76.5 Å². The van der Waals surface area contributed by atoms with Gasteiger partial charge in [0.05, 0.1) is 29.9 Å². The van der Waals surface area contributed by atoms with E-state index in [1.165, 1.54) is 18.0 Å². The molecule has 1 aliphatic carbocycles. The molecule has 0 unspecified atom stereocenters. The van der Waals surface area contributed by atoms with Crippen molar-refractivity contribution >= 4 is 17.4 Å². The Balaban J connectivity index is 1.67. The minimum atomic E-state index is -1.63. The number of ether oxygens (including phenoxy) is 1. The van der Waals surface area contributed by atoms with Crippen LogP contribution in [0, 0.1) is 18.6 Å². The third-order valence-electron chi connectivity index (χ3n) is 7.84. The number of rotatable bonds is 9. The minimum absolute atomic E-state index is 0.0182. The Morgan fingerprint density at radius 1 is 1.18 bits per heavy atom. The zero-order valence-electron chi connectivity index (χ0n) is 23.1. The van der Waals surface area contributed by atoms with Gasteiger partial charge in [0.1, 0.15) is 22.9 Å². The van der Waals surface area contributed by atoms with Gasteiger partial charge in [-0.2, -0.15) is 0 Å². The van der Waals surface area contributed by atoms with Crippen molar-refractivity contribution in [2.24, 2.45) is 0 Å². The van der Waals surface area contributed by atoms with Crippen molar-refractivity contribution in [3.8, 4) is 0 Å². The van der Waals surface area contributed by atoms with Crippen LogP contribution in [0.2, 0.25) is 0 Å². The molecular weight excluding hydrogens is 507 g/mol. The molecule has 0 spiro atoms. The van der Waals surface area contributed by atoms with Gasteiger partial charge in [0.15, 0.2) is 0 Å². The second-order valence-electron chi connectivity index (χ2n) is 10.8. The van der Waals surface area contributed by atoms with E-state index < -0.39 is 45.7 Å². The lowest BCUT2D eigenvalue weighted by atomic mass is 9.86. The van der Waals surface area contributed by atoms with Crippen LogP contribution in [-0.4, -0.2) is 61.7 Å². The molecule has 0 radical (unpaired) electrons. The summed E-state index contributed by atoms with van der Waals surface area (Å²) in [5.41, 5.74) is -2.72. The maximum absolute atomic E-state index is 16.5. The summed E-state index contributed by atoms with van der Waals surface area (Å²) in [5, 5.41) is 3.50. The molecule has 210 valence electrons. The fraction of sp³-hybridized carbons (Fsp3) is 0.467. The Bertz CT molecular complexity index is 1280. The van der Waals surface area contributed by atoms with Gasteiger partial charge >= 0.3 is 5.97 Å². The van der Waals surface area contributed by atoms with Crippen molar-refractivity contribution in [2.75, 3.05) is 38.7 Å². The van der Waals surface area contributed by atoms with Gasteiger partial charge in [-0.05, 0) is 51.7 Å². The summed E-state index contributed by atoms with van der Waals surface area (Å²) in [7, 11) is 3.19. The van der Waals surface area contributed by atoms with Gasteiger partial charge in [-0.1, -0.05) is 30.3 Å². The van der Waals surface area contributed by atoms with E-state index in [2.05, 4.69) is 5.32 Å². The number of halogens is 3. The molecule has 3 atom stereocenters. The molecule has 9 heteroatoms. The van der Waals surface area contributed by atoms with Gasteiger partial charge in [-0.15, -0.1) is 0 Å². The summed E-state index contributed by atoms with van der Waals surface area (Å²) >= 11 is 0. The van der Waals surface area contributed by atoms with Crippen molar-refractivity contribution in [1.29, 1.82) is 0 Å². The summed E-state index contributed by atoms with van der Waals surface area (Å²) in [6.45, 7) is 5.00. The van der Waals surface area contributed by atoms with E-state index in [4.69, 9.17) is 4.74 Å². The molecular formula is C30H36F3N3O3. The third-order valence-corrected chi connectivity index (χ3v) is 7.84. The Labute approximate surface area is 227 Å². The van der Waals surface area contributed by atoms with Gasteiger partial charge in [-0.25, -0.2) is 18.0 Å². The molecule has 1 heterocycles. The van der Waals surface area contributed by atoms with Crippen LogP contribution in [0.5, 0.6) is 0 Å². The minimum Gasteiger partial charge on any atom is -0.462 e. The first kappa shape index (κ1) is 28.7. The Morgan fingerprint density at radius 3 is 2.51 bits per heavy atom. The second-order valence-corrected chi connectivity index (χ2v) is 10.8. The largest absolute Gasteiger partial charge is 0.462 e. The van der Waals surface area contributed by atoms with Crippen LogP contribution in [0.4, 0.5) is 18.9 Å². The average Bonchev–Trinajstić information content (AvgIpc) is 3.33. The number of esters is 1. The zero-order valence-corrected chi connectivity index (χ0v) is 23.1. The number of Topliss-reactive ketones (excluding diaryl/α,β-unsaturated/α-hetero) is 1. The summed E-state index contributed by atoms with van der Waals surface area (Å²) in [6, 6.07) is 10.4. The topological polar surface area (TPSA) is 61.9 Å². The Hall–Kier alpha value is -3.33. The zero-order chi connectivity index (χ0) is 28.5. The number of nitrogens with zero attached hydrogens (tertiary/aromatic N) is 2. The number of alkyl halides is 1. The summed E-state index contributed by atoms with van der Waals surface area (Å²) in [5.74, 6) is -3.71. The highest BCUT2D eigenvalue weighted by Gasteiger charge is 2.62. The number of fused-ring (bicyclic) bond motifs is 1. The summed E-state index contributed by atoms with van der Waals surface area (Å²) < 4.78 is 52.8. The quantitative estimate of drug-likeness (QED) is 0.153. The van der Waals surface area contributed by atoms with E-state index in [1.807, 2.05) is 37.3 Å². The van der Waals surface area contributed by atoms with E-state index in [0.717, 1.165) is 11.6 Å².